The topological polar surface area (TPSA) is 50.1 Å². The molecule has 0 radical (unpaired) electrons. The molecule has 3 nitrogen and oxygen atoms in total. The number of esters is 1. The average Bonchev–Trinajstić information content (AvgIpc) is 2.52. The van der Waals surface area contributed by atoms with Gasteiger partial charge in [-0.05, 0) is 29.3 Å². The average molecular weight is 263 g/mol. The molecule has 0 saturated carbocycles. The molecule has 20 heavy (non-hydrogen) atoms. The normalized spacial score (nSPS) is 10.2. The van der Waals surface area contributed by atoms with Crippen LogP contribution in [0.5, 0.6) is 0 Å². The number of benzene rings is 2. The van der Waals surface area contributed by atoms with Crippen LogP contribution in [0, 0.1) is 11.3 Å². The number of carbonyl (C=O) groups excluding carboxylic acids is 1. The third-order valence-corrected chi connectivity index (χ3v) is 2.68. The van der Waals surface area contributed by atoms with Gasteiger partial charge in [0.05, 0.1) is 11.6 Å². The summed E-state index contributed by atoms with van der Waals surface area (Å²) >= 11 is 0. The highest BCUT2D eigenvalue weighted by molar-refractivity contribution is 5.87. The Bertz CT molecular complexity index is 637. The summed E-state index contributed by atoms with van der Waals surface area (Å²) in [6, 6.07) is 18.5. The lowest BCUT2D eigenvalue weighted by Gasteiger charge is -2.02. The number of rotatable bonds is 4. The summed E-state index contributed by atoms with van der Waals surface area (Å²) in [5, 5.41) is 8.68. The first kappa shape index (κ1) is 13.6. The minimum absolute atomic E-state index is 0.198. The van der Waals surface area contributed by atoms with Crippen molar-refractivity contribution in [2.75, 3.05) is 0 Å². The Morgan fingerprint density at radius 2 is 1.80 bits per heavy atom. The second kappa shape index (κ2) is 6.91. The van der Waals surface area contributed by atoms with E-state index >= 15 is 0 Å². The van der Waals surface area contributed by atoms with Crippen LogP contribution >= 0.6 is 0 Å². The van der Waals surface area contributed by atoms with Crippen LogP contribution in [0.1, 0.15) is 16.7 Å². The van der Waals surface area contributed by atoms with Crippen LogP contribution in [0.25, 0.3) is 6.08 Å². The van der Waals surface area contributed by atoms with Crippen LogP contribution in [0.15, 0.2) is 60.7 Å². The lowest BCUT2D eigenvalue weighted by atomic mass is 10.2. The number of hydrogen-bond donors (Lipinski definition) is 0. The molecule has 0 aliphatic carbocycles. The van der Waals surface area contributed by atoms with Gasteiger partial charge in [0.1, 0.15) is 6.61 Å². The highest BCUT2D eigenvalue weighted by Crippen LogP contribution is 2.06. The first-order valence-electron chi connectivity index (χ1n) is 6.17. The maximum Gasteiger partial charge on any atom is 0.331 e. The molecule has 0 N–H and O–H groups in total. The van der Waals surface area contributed by atoms with E-state index < -0.39 is 5.97 Å². The monoisotopic (exact) mass is 263 g/mol. The molecule has 0 aliphatic rings. The van der Waals surface area contributed by atoms with Crippen molar-refractivity contribution in [1.82, 2.24) is 0 Å². The van der Waals surface area contributed by atoms with Gasteiger partial charge in [0, 0.05) is 6.08 Å². The molecule has 2 aromatic rings. The van der Waals surface area contributed by atoms with Crippen molar-refractivity contribution >= 4 is 12.0 Å². The second-order valence-electron chi connectivity index (χ2n) is 4.16. The molecular formula is C17H13NO2. The molecule has 0 aromatic heterocycles. The SMILES string of the molecule is N#Cc1ccc(COC(=O)C=Cc2ccccc2)cc1. The van der Waals surface area contributed by atoms with Gasteiger partial charge in [-0.3, -0.25) is 0 Å². The van der Waals surface area contributed by atoms with E-state index in [9.17, 15) is 4.79 Å². The summed E-state index contributed by atoms with van der Waals surface area (Å²) in [6.45, 7) is 0.198. The predicted molar refractivity (Wildman–Crippen MR) is 76.4 cm³/mol. The van der Waals surface area contributed by atoms with Gasteiger partial charge in [0.2, 0.25) is 0 Å². The van der Waals surface area contributed by atoms with Gasteiger partial charge in [-0.1, -0.05) is 42.5 Å². The largest absolute Gasteiger partial charge is 0.458 e. The fourth-order valence-electron chi connectivity index (χ4n) is 1.61. The van der Waals surface area contributed by atoms with Crippen LogP contribution in [0.2, 0.25) is 0 Å². The number of ether oxygens (including phenoxy) is 1. The zero-order chi connectivity index (χ0) is 14.2. The van der Waals surface area contributed by atoms with Gasteiger partial charge in [-0.15, -0.1) is 0 Å². The Morgan fingerprint density at radius 3 is 2.45 bits per heavy atom. The van der Waals surface area contributed by atoms with Gasteiger partial charge in [-0.2, -0.15) is 5.26 Å². The summed E-state index contributed by atoms with van der Waals surface area (Å²) in [6.07, 6.45) is 3.11. The van der Waals surface area contributed by atoms with Gasteiger partial charge in [0.25, 0.3) is 0 Å². The van der Waals surface area contributed by atoms with E-state index in [4.69, 9.17) is 10.00 Å². The van der Waals surface area contributed by atoms with E-state index in [1.165, 1.54) is 6.08 Å². The van der Waals surface area contributed by atoms with Crippen molar-refractivity contribution in [2.24, 2.45) is 0 Å². The number of carbonyl (C=O) groups is 1. The zero-order valence-corrected chi connectivity index (χ0v) is 10.8. The summed E-state index contributed by atoms with van der Waals surface area (Å²) in [5.74, 6) is -0.391. The van der Waals surface area contributed by atoms with Gasteiger partial charge < -0.3 is 4.74 Å². The van der Waals surface area contributed by atoms with Gasteiger partial charge in [0.15, 0.2) is 0 Å². The minimum atomic E-state index is -0.391. The van der Waals surface area contributed by atoms with Crippen molar-refractivity contribution < 1.29 is 9.53 Å². The number of nitrogens with zero attached hydrogens (tertiary/aromatic N) is 1. The van der Waals surface area contributed by atoms with Crippen LogP contribution in [-0.4, -0.2) is 5.97 Å². The summed E-state index contributed by atoms with van der Waals surface area (Å²) in [4.78, 5) is 11.6. The number of hydrogen-bond acceptors (Lipinski definition) is 3. The van der Waals surface area contributed by atoms with Crippen molar-refractivity contribution in [3.05, 3.63) is 77.4 Å². The van der Waals surface area contributed by atoms with Crippen molar-refractivity contribution in [3.63, 3.8) is 0 Å². The fourth-order valence-corrected chi connectivity index (χ4v) is 1.61. The van der Waals surface area contributed by atoms with E-state index in [0.29, 0.717) is 5.56 Å². The summed E-state index contributed by atoms with van der Waals surface area (Å²) in [5.41, 5.74) is 2.39. The van der Waals surface area contributed by atoms with E-state index in [1.807, 2.05) is 36.4 Å². The summed E-state index contributed by atoms with van der Waals surface area (Å²) < 4.78 is 5.11. The van der Waals surface area contributed by atoms with Crippen LogP contribution in [0.4, 0.5) is 0 Å². The van der Waals surface area contributed by atoms with E-state index in [1.54, 1.807) is 30.3 Å². The Kier molecular flexibility index (Phi) is 4.69. The third kappa shape index (κ3) is 4.11. The van der Waals surface area contributed by atoms with Crippen LogP contribution in [-0.2, 0) is 16.1 Å². The standard InChI is InChI=1S/C17H13NO2/c18-12-15-6-8-16(9-7-15)13-20-17(19)11-10-14-4-2-1-3-5-14/h1-11H,13H2. The molecule has 0 heterocycles. The Labute approximate surface area is 117 Å². The third-order valence-electron chi connectivity index (χ3n) is 2.68. The molecule has 0 atom stereocenters. The lowest BCUT2D eigenvalue weighted by Crippen LogP contribution is -2.00. The lowest BCUT2D eigenvalue weighted by molar-refractivity contribution is -0.138. The Hall–Kier alpha value is -2.86. The predicted octanol–water partition coefficient (Wildman–Crippen LogP) is 3.31. The van der Waals surface area contributed by atoms with Crippen molar-refractivity contribution in [1.29, 1.82) is 5.26 Å². The molecule has 0 saturated heterocycles. The molecule has 3 heteroatoms. The maximum absolute atomic E-state index is 11.6. The van der Waals surface area contributed by atoms with Gasteiger partial charge >= 0.3 is 5.97 Å². The summed E-state index contributed by atoms with van der Waals surface area (Å²) in [7, 11) is 0. The molecule has 0 fully saturated rings. The molecule has 2 rings (SSSR count). The van der Waals surface area contributed by atoms with Gasteiger partial charge in [-0.25, -0.2) is 4.79 Å². The Morgan fingerprint density at radius 1 is 1.10 bits per heavy atom. The van der Waals surface area contributed by atoms with Crippen LogP contribution in [0.3, 0.4) is 0 Å². The molecule has 0 bridgehead atoms. The molecule has 0 aliphatic heterocycles. The quantitative estimate of drug-likeness (QED) is 0.628. The first-order valence-corrected chi connectivity index (χ1v) is 6.17. The van der Waals surface area contributed by atoms with E-state index in [0.717, 1.165) is 11.1 Å². The molecule has 0 spiro atoms. The number of nitriles is 1. The Balaban J connectivity index is 1.86. The van der Waals surface area contributed by atoms with E-state index in [2.05, 4.69) is 0 Å². The van der Waals surface area contributed by atoms with E-state index in [-0.39, 0.29) is 6.61 Å². The minimum Gasteiger partial charge on any atom is -0.458 e. The van der Waals surface area contributed by atoms with Crippen molar-refractivity contribution in [2.45, 2.75) is 6.61 Å². The molecule has 0 unspecified atom stereocenters. The molecule has 0 amide bonds. The van der Waals surface area contributed by atoms with Crippen LogP contribution < -0.4 is 0 Å². The molecular weight excluding hydrogens is 250 g/mol. The molecule has 98 valence electrons. The second-order valence-corrected chi connectivity index (χ2v) is 4.16. The highest BCUT2D eigenvalue weighted by atomic mass is 16.5. The smallest absolute Gasteiger partial charge is 0.331 e. The fraction of sp³-hybridized carbons (Fsp3) is 0.0588. The van der Waals surface area contributed by atoms with Crippen molar-refractivity contribution in [3.8, 4) is 6.07 Å². The molecule has 2 aromatic carbocycles. The first-order chi connectivity index (χ1) is 9.78. The zero-order valence-electron chi connectivity index (χ0n) is 10.8. The maximum atomic E-state index is 11.6. The highest BCUT2D eigenvalue weighted by Gasteiger charge is 1.99.